The summed E-state index contributed by atoms with van der Waals surface area (Å²) in [6.45, 7) is 10.4. The first-order chi connectivity index (χ1) is 11.6. The van der Waals surface area contributed by atoms with E-state index < -0.39 is 0 Å². The molecule has 2 atom stereocenters. The number of hydrogen-bond donors (Lipinski definition) is 2. The number of nitrogens with one attached hydrogen (secondary N) is 1. The summed E-state index contributed by atoms with van der Waals surface area (Å²) in [4.78, 5) is 0. The molecule has 0 aliphatic carbocycles. The molecule has 0 aliphatic rings. The predicted octanol–water partition coefficient (Wildman–Crippen LogP) is 5.71. The quantitative estimate of drug-likeness (QED) is 0.651. The molecular weight excluding hydrogens is 294 g/mol. The lowest BCUT2D eigenvalue weighted by Crippen LogP contribution is -2.13. The molecule has 0 aromatic heterocycles. The van der Waals surface area contributed by atoms with E-state index >= 15 is 0 Å². The average molecular weight is 325 g/mol. The summed E-state index contributed by atoms with van der Waals surface area (Å²) in [7, 11) is 0. The van der Waals surface area contributed by atoms with Crippen molar-refractivity contribution in [2.75, 3.05) is 0 Å². The fourth-order valence-electron chi connectivity index (χ4n) is 2.98. The van der Waals surface area contributed by atoms with Crippen LogP contribution in [0.3, 0.4) is 0 Å². The van der Waals surface area contributed by atoms with Crippen molar-refractivity contribution in [3.05, 3.63) is 64.7 Å². The van der Waals surface area contributed by atoms with Gasteiger partial charge >= 0.3 is 0 Å². The number of rotatable bonds is 8. The van der Waals surface area contributed by atoms with E-state index in [1.54, 1.807) is 0 Å². The van der Waals surface area contributed by atoms with Gasteiger partial charge in [0.2, 0.25) is 0 Å². The third-order valence-electron chi connectivity index (χ3n) is 5.02. The van der Waals surface area contributed by atoms with Gasteiger partial charge in [-0.2, -0.15) is 0 Å². The van der Waals surface area contributed by atoms with Crippen LogP contribution in [0.1, 0.15) is 74.6 Å². The molecular formula is C22H31NO. The Morgan fingerprint density at radius 2 is 1.33 bits per heavy atom. The minimum Gasteiger partial charge on any atom is -0.507 e. The number of aromatic hydroxyl groups is 1. The highest BCUT2D eigenvalue weighted by Gasteiger charge is 2.17. The standard InChI is InChI=1S/C22H31NO/c1-5-16(3)20-12-19(13-21(22(20)24)17(4)6-2)15-23-14-18-10-8-7-9-11-18/h7-13,16-17,23-24H,5-6,14-15H2,1-4H3. The fraction of sp³-hybridized carbons (Fsp3) is 0.455. The topological polar surface area (TPSA) is 32.3 Å². The van der Waals surface area contributed by atoms with Crippen molar-refractivity contribution in [2.45, 2.75) is 65.5 Å². The highest BCUT2D eigenvalue weighted by atomic mass is 16.3. The summed E-state index contributed by atoms with van der Waals surface area (Å²) >= 11 is 0. The molecule has 0 radical (unpaired) electrons. The predicted molar refractivity (Wildman–Crippen MR) is 103 cm³/mol. The maximum atomic E-state index is 10.7. The molecule has 2 unspecified atom stereocenters. The zero-order chi connectivity index (χ0) is 17.5. The van der Waals surface area contributed by atoms with Crippen molar-refractivity contribution in [3.8, 4) is 5.75 Å². The van der Waals surface area contributed by atoms with Crippen LogP contribution in [0.25, 0.3) is 0 Å². The van der Waals surface area contributed by atoms with Crippen LogP contribution in [0, 0.1) is 0 Å². The first-order valence-corrected chi connectivity index (χ1v) is 9.17. The second kappa shape index (κ2) is 8.89. The van der Waals surface area contributed by atoms with Crippen molar-refractivity contribution in [1.29, 1.82) is 0 Å². The number of hydrogen-bond acceptors (Lipinski definition) is 2. The molecule has 0 amide bonds. The lowest BCUT2D eigenvalue weighted by atomic mass is 9.88. The molecule has 0 fully saturated rings. The van der Waals surface area contributed by atoms with E-state index in [9.17, 15) is 5.11 Å². The van der Waals surface area contributed by atoms with Gasteiger partial charge in [-0.3, -0.25) is 0 Å². The van der Waals surface area contributed by atoms with Crippen molar-refractivity contribution in [3.63, 3.8) is 0 Å². The van der Waals surface area contributed by atoms with E-state index in [0.29, 0.717) is 17.6 Å². The van der Waals surface area contributed by atoms with E-state index in [-0.39, 0.29) is 0 Å². The van der Waals surface area contributed by atoms with Crippen LogP contribution in [0.2, 0.25) is 0 Å². The summed E-state index contributed by atoms with van der Waals surface area (Å²) in [5.41, 5.74) is 4.73. The minimum absolute atomic E-state index is 0.377. The average Bonchev–Trinajstić information content (AvgIpc) is 2.62. The maximum Gasteiger partial charge on any atom is 0.122 e. The smallest absolute Gasteiger partial charge is 0.122 e. The fourth-order valence-corrected chi connectivity index (χ4v) is 2.98. The highest BCUT2D eigenvalue weighted by Crippen LogP contribution is 2.37. The van der Waals surface area contributed by atoms with Gasteiger partial charge in [-0.15, -0.1) is 0 Å². The van der Waals surface area contributed by atoms with Crippen molar-refractivity contribution in [1.82, 2.24) is 5.32 Å². The summed E-state index contributed by atoms with van der Waals surface area (Å²) in [6.07, 6.45) is 2.07. The van der Waals surface area contributed by atoms with Crippen LogP contribution >= 0.6 is 0 Å². The van der Waals surface area contributed by atoms with Crippen LogP contribution in [-0.2, 0) is 13.1 Å². The van der Waals surface area contributed by atoms with Gasteiger partial charge in [0.25, 0.3) is 0 Å². The van der Waals surface area contributed by atoms with Crippen LogP contribution in [0.15, 0.2) is 42.5 Å². The second-order valence-corrected chi connectivity index (χ2v) is 6.83. The molecule has 0 spiro atoms. The first kappa shape index (κ1) is 18.5. The zero-order valence-electron chi connectivity index (χ0n) is 15.5. The molecule has 2 rings (SSSR count). The largest absolute Gasteiger partial charge is 0.507 e. The van der Waals surface area contributed by atoms with Gasteiger partial charge in [0.15, 0.2) is 0 Å². The Balaban J connectivity index is 2.18. The molecule has 2 aromatic carbocycles. The number of phenols is 1. The van der Waals surface area contributed by atoms with Crippen LogP contribution < -0.4 is 5.32 Å². The summed E-state index contributed by atoms with van der Waals surface area (Å²) in [5, 5.41) is 14.2. The monoisotopic (exact) mass is 325 g/mol. The minimum atomic E-state index is 0.377. The van der Waals surface area contributed by atoms with Gasteiger partial charge in [0.05, 0.1) is 0 Å². The Morgan fingerprint density at radius 3 is 1.83 bits per heavy atom. The Bertz CT molecular complexity index is 605. The molecule has 130 valence electrons. The van der Waals surface area contributed by atoms with Crippen LogP contribution in [0.4, 0.5) is 0 Å². The Morgan fingerprint density at radius 1 is 0.833 bits per heavy atom. The maximum absolute atomic E-state index is 10.7. The number of benzene rings is 2. The van der Waals surface area contributed by atoms with Crippen molar-refractivity contribution < 1.29 is 5.11 Å². The van der Waals surface area contributed by atoms with Gasteiger partial charge in [0, 0.05) is 13.1 Å². The van der Waals surface area contributed by atoms with Crippen LogP contribution in [-0.4, -0.2) is 5.11 Å². The van der Waals surface area contributed by atoms with Crippen LogP contribution in [0.5, 0.6) is 5.75 Å². The van der Waals surface area contributed by atoms with Gasteiger partial charge in [-0.25, -0.2) is 0 Å². The van der Waals surface area contributed by atoms with Gasteiger partial charge < -0.3 is 10.4 Å². The molecule has 0 saturated carbocycles. The van der Waals surface area contributed by atoms with E-state index in [4.69, 9.17) is 0 Å². The third-order valence-corrected chi connectivity index (χ3v) is 5.02. The lowest BCUT2D eigenvalue weighted by molar-refractivity contribution is 0.448. The molecule has 0 bridgehead atoms. The third kappa shape index (κ3) is 4.61. The normalized spacial score (nSPS) is 13.7. The molecule has 2 nitrogen and oxygen atoms in total. The van der Waals surface area contributed by atoms with Gasteiger partial charge in [-0.1, -0.05) is 70.2 Å². The summed E-state index contributed by atoms with van der Waals surface area (Å²) in [6, 6.07) is 14.8. The Labute approximate surface area is 146 Å². The van der Waals surface area contributed by atoms with Crippen molar-refractivity contribution in [2.24, 2.45) is 0 Å². The van der Waals surface area contributed by atoms with E-state index in [0.717, 1.165) is 37.1 Å². The summed E-state index contributed by atoms with van der Waals surface area (Å²) < 4.78 is 0. The van der Waals surface area contributed by atoms with E-state index in [1.165, 1.54) is 11.1 Å². The highest BCUT2D eigenvalue weighted by molar-refractivity contribution is 5.47. The molecule has 0 heterocycles. The SMILES string of the molecule is CCC(C)c1cc(CNCc2ccccc2)cc(C(C)CC)c1O. The van der Waals surface area contributed by atoms with E-state index in [1.807, 2.05) is 6.07 Å². The first-order valence-electron chi connectivity index (χ1n) is 9.17. The zero-order valence-corrected chi connectivity index (χ0v) is 15.5. The second-order valence-electron chi connectivity index (χ2n) is 6.83. The molecule has 2 aromatic rings. The van der Waals surface area contributed by atoms with Crippen molar-refractivity contribution >= 4 is 0 Å². The van der Waals surface area contributed by atoms with Gasteiger partial charge in [-0.05, 0) is 46.9 Å². The molecule has 24 heavy (non-hydrogen) atoms. The van der Waals surface area contributed by atoms with Gasteiger partial charge in [0.1, 0.15) is 5.75 Å². The lowest BCUT2D eigenvalue weighted by Gasteiger charge is -2.20. The molecule has 2 N–H and O–H groups in total. The Hall–Kier alpha value is -1.80. The molecule has 0 aliphatic heterocycles. The summed E-state index contributed by atoms with van der Waals surface area (Å²) in [5.74, 6) is 1.26. The number of phenolic OH excluding ortho intramolecular Hbond substituents is 1. The van der Waals surface area contributed by atoms with E-state index in [2.05, 4.69) is 69.4 Å². The Kier molecular flexibility index (Phi) is 6.86. The molecule has 2 heteroatoms. The molecule has 0 saturated heterocycles.